The zero-order chi connectivity index (χ0) is 19.6. The fourth-order valence-electron chi connectivity index (χ4n) is 2.19. The van der Waals surface area contributed by atoms with Crippen molar-refractivity contribution < 1.29 is 19.1 Å². The smallest absolute Gasteiger partial charge is 0.331 e. The molecule has 0 fully saturated rings. The highest BCUT2D eigenvalue weighted by Crippen LogP contribution is 2.23. The fraction of sp³-hybridized carbons (Fsp3) is 0.190. The molecule has 27 heavy (non-hydrogen) atoms. The zero-order valence-corrected chi connectivity index (χ0v) is 15.1. The van der Waals surface area contributed by atoms with Crippen LogP contribution in [-0.2, 0) is 14.3 Å². The Balaban J connectivity index is 1.92. The van der Waals surface area contributed by atoms with Gasteiger partial charge < -0.3 is 14.8 Å². The van der Waals surface area contributed by atoms with Gasteiger partial charge in [-0.25, -0.2) is 4.79 Å². The van der Waals surface area contributed by atoms with Crippen molar-refractivity contribution in [2.75, 3.05) is 11.9 Å². The Hall–Kier alpha value is -3.59. The van der Waals surface area contributed by atoms with Crippen LogP contribution in [0.1, 0.15) is 25.0 Å². The summed E-state index contributed by atoms with van der Waals surface area (Å²) >= 11 is 0. The third-order valence-electron chi connectivity index (χ3n) is 3.56. The van der Waals surface area contributed by atoms with E-state index in [-0.39, 0.29) is 0 Å². The van der Waals surface area contributed by atoms with E-state index in [1.54, 1.807) is 54.6 Å². The quantitative estimate of drug-likeness (QED) is 0.600. The lowest BCUT2D eigenvalue weighted by Crippen LogP contribution is -2.29. The largest absolute Gasteiger partial charge is 0.492 e. The second-order valence-electron chi connectivity index (χ2n) is 5.56. The number of hydrogen-bond acceptors (Lipinski definition) is 5. The van der Waals surface area contributed by atoms with E-state index in [4.69, 9.17) is 14.7 Å². The van der Waals surface area contributed by atoms with Crippen LogP contribution in [0.2, 0.25) is 0 Å². The van der Waals surface area contributed by atoms with Crippen LogP contribution < -0.4 is 10.1 Å². The summed E-state index contributed by atoms with van der Waals surface area (Å²) in [4.78, 5) is 24.2. The monoisotopic (exact) mass is 364 g/mol. The molecule has 2 aromatic carbocycles. The molecule has 0 heterocycles. The van der Waals surface area contributed by atoms with E-state index in [1.165, 1.54) is 13.0 Å². The number of benzene rings is 2. The highest BCUT2D eigenvalue weighted by atomic mass is 16.5. The molecule has 0 aliphatic heterocycles. The molecule has 0 radical (unpaired) electrons. The van der Waals surface area contributed by atoms with Gasteiger partial charge in [0.15, 0.2) is 6.10 Å². The van der Waals surface area contributed by atoms with E-state index < -0.39 is 18.0 Å². The molecule has 1 amide bonds. The molecule has 138 valence electrons. The molecule has 0 aliphatic rings. The maximum atomic E-state index is 12.3. The number of anilines is 1. The molecule has 0 unspecified atom stereocenters. The number of nitrogens with one attached hydrogen (secondary N) is 1. The molecule has 0 saturated heterocycles. The van der Waals surface area contributed by atoms with E-state index in [2.05, 4.69) is 5.32 Å². The third-order valence-corrected chi connectivity index (χ3v) is 3.56. The van der Waals surface area contributed by atoms with Crippen molar-refractivity contribution in [2.45, 2.75) is 20.0 Å². The first kappa shape index (κ1) is 19.7. The minimum atomic E-state index is -0.974. The van der Waals surface area contributed by atoms with Gasteiger partial charge in [-0.2, -0.15) is 5.26 Å². The van der Waals surface area contributed by atoms with Crippen molar-refractivity contribution >= 4 is 23.6 Å². The van der Waals surface area contributed by atoms with Crippen LogP contribution in [0.5, 0.6) is 5.75 Å². The summed E-state index contributed by atoms with van der Waals surface area (Å²) in [6.07, 6.45) is 1.82. The summed E-state index contributed by atoms with van der Waals surface area (Å²) in [5.74, 6) is -0.546. The van der Waals surface area contributed by atoms with Crippen LogP contribution in [0.25, 0.3) is 6.08 Å². The molecule has 0 aromatic heterocycles. The van der Waals surface area contributed by atoms with E-state index in [1.807, 2.05) is 13.0 Å². The number of carbonyl (C=O) groups is 2. The number of esters is 1. The molecule has 2 rings (SSSR count). The lowest BCUT2D eigenvalue weighted by Gasteiger charge is -2.15. The van der Waals surface area contributed by atoms with Gasteiger partial charge in [0.2, 0.25) is 0 Å². The van der Waals surface area contributed by atoms with Gasteiger partial charge in [0.05, 0.1) is 23.9 Å². The van der Waals surface area contributed by atoms with Crippen LogP contribution >= 0.6 is 0 Å². The summed E-state index contributed by atoms with van der Waals surface area (Å²) < 4.78 is 10.6. The van der Waals surface area contributed by atoms with Gasteiger partial charge in [0, 0.05) is 6.08 Å². The summed E-state index contributed by atoms with van der Waals surface area (Å²) in [6, 6.07) is 15.8. The Bertz CT molecular complexity index is 866. The van der Waals surface area contributed by atoms with E-state index >= 15 is 0 Å². The zero-order valence-electron chi connectivity index (χ0n) is 15.1. The van der Waals surface area contributed by atoms with Crippen LogP contribution in [0, 0.1) is 11.3 Å². The SMILES string of the molecule is CCOc1ccccc1NC(=O)[C@H](C)OC(=O)/C=C/c1ccc(C#N)cc1. The number of nitriles is 1. The van der Waals surface area contributed by atoms with Gasteiger partial charge in [0.1, 0.15) is 5.75 Å². The minimum absolute atomic E-state index is 0.456. The molecule has 1 atom stereocenters. The van der Waals surface area contributed by atoms with Gasteiger partial charge >= 0.3 is 5.97 Å². The van der Waals surface area contributed by atoms with Gasteiger partial charge in [-0.15, -0.1) is 0 Å². The number of ether oxygens (including phenoxy) is 2. The van der Waals surface area contributed by atoms with Gasteiger partial charge in [-0.1, -0.05) is 24.3 Å². The van der Waals surface area contributed by atoms with Crippen molar-refractivity contribution in [3.63, 3.8) is 0 Å². The number of carbonyl (C=O) groups excluding carboxylic acids is 2. The fourth-order valence-corrected chi connectivity index (χ4v) is 2.19. The first-order chi connectivity index (χ1) is 13.0. The normalized spacial score (nSPS) is 11.4. The van der Waals surface area contributed by atoms with Gasteiger partial charge in [-0.3, -0.25) is 4.79 Å². The van der Waals surface area contributed by atoms with Crippen molar-refractivity contribution in [2.24, 2.45) is 0 Å². The standard InChI is InChI=1S/C21H20N2O4/c1-3-26-19-7-5-4-6-18(19)23-21(25)15(2)27-20(24)13-12-16-8-10-17(14-22)11-9-16/h4-13,15H,3H2,1-2H3,(H,23,25)/b13-12+/t15-/m0/s1. The second kappa shape index (κ2) is 9.78. The molecule has 2 aromatic rings. The van der Waals surface area contributed by atoms with Crippen molar-refractivity contribution in [3.8, 4) is 11.8 Å². The number of rotatable bonds is 7. The van der Waals surface area contributed by atoms with Gasteiger partial charge in [0.25, 0.3) is 5.91 Å². The van der Waals surface area contributed by atoms with E-state index in [0.29, 0.717) is 23.6 Å². The predicted octanol–water partition coefficient (Wildman–Crippen LogP) is 3.54. The Kier molecular flexibility index (Phi) is 7.15. The first-order valence-corrected chi connectivity index (χ1v) is 8.45. The van der Waals surface area contributed by atoms with Crippen LogP contribution in [0.3, 0.4) is 0 Å². The third kappa shape index (κ3) is 6.01. The van der Waals surface area contributed by atoms with Gasteiger partial charge in [-0.05, 0) is 49.8 Å². The number of amides is 1. The second-order valence-corrected chi connectivity index (χ2v) is 5.56. The Morgan fingerprint density at radius 1 is 1.19 bits per heavy atom. The topological polar surface area (TPSA) is 88.4 Å². The summed E-state index contributed by atoms with van der Waals surface area (Å²) in [5.41, 5.74) is 1.79. The summed E-state index contributed by atoms with van der Waals surface area (Å²) in [5, 5.41) is 11.5. The number of para-hydroxylation sites is 2. The Labute approximate surface area is 158 Å². The molecule has 0 aliphatic carbocycles. The van der Waals surface area contributed by atoms with Crippen LogP contribution in [-0.4, -0.2) is 24.6 Å². The van der Waals surface area contributed by atoms with Crippen molar-refractivity contribution in [3.05, 3.63) is 65.7 Å². The molecule has 0 bridgehead atoms. The molecule has 6 nitrogen and oxygen atoms in total. The minimum Gasteiger partial charge on any atom is -0.492 e. The lowest BCUT2D eigenvalue weighted by atomic mass is 10.1. The Morgan fingerprint density at radius 2 is 1.89 bits per heavy atom. The highest BCUT2D eigenvalue weighted by Gasteiger charge is 2.18. The summed E-state index contributed by atoms with van der Waals surface area (Å²) in [6.45, 7) is 3.81. The van der Waals surface area contributed by atoms with Crippen molar-refractivity contribution in [1.82, 2.24) is 0 Å². The maximum absolute atomic E-state index is 12.3. The molecule has 0 spiro atoms. The molecule has 1 N–H and O–H groups in total. The first-order valence-electron chi connectivity index (χ1n) is 8.45. The van der Waals surface area contributed by atoms with Crippen LogP contribution in [0.15, 0.2) is 54.6 Å². The molecule has 6 heteroatoms. The predicted molar refractivity (Wildman–Crippen MR) is 102 cm³/mol. The average molecular weight is 364 g/mol. The van der Waals surface area contributed by atoms with E-state index in [0.717, 1.165) is 5.56 Å². The maximum Gasteiger partial charge on any atom is 0.331 e. The molecular weight excluding hydrogens is 344 g/mol. The number of nitrogens with zero attached hydrogens (tertiary/aromatic N) is 1. The molecule has 0 saturated carbocycles. The lowest BCUT2D eigenvalue weighted by molar-refractivity contribution is -0.148. The average Bonchev–Trinajstić information content (AvgIpc) is 2.68. The van der Waals surface area contributed by atoms with Crippen LogP contribution in [0.4, 0.5) is 5.69 Å². The summed E-state index contributed by atoms with van der Waals surface area (Å²) in [7, 11) is 0. The van der Waals surface area contributed by atoms with E-state index in [9.17, 15) is 9.59 Å². The highest BCUT2D eigenvalue weighted by molar-refractivity contribution is 5.97. The van der Waals surface area contributed by atoms with Crippen molar-refractivity contribution in [1.29, 1.82) is 5.26 Å². The molecular formula is C21H20N2O4. The Morgan fingerprint density at radius 3 is 2.56 bits per heavy atom. The number of hydrogen-bond donors (Lipinski definition) is 1.